The van der Waals surface area contributed by atoms with E-state index in [1.165, 1.54) is 0 Å². The Morgan fingerprint density at radius 1 is 1.38 bits per heavy atom. The Hall–Kier alpha value is -1.77. The molecule has 0 unspecified atom stereocenters. The number of carbonyl (C=O) groups excluding carboxylic acids is 1. The van der Waals surface area contributed by atoms with Crippen LogP contribution in [0.2, 0.25) is 0 Å². The average Bonchev–Trinajstić information content (AvgIpc) is 2.30. The fourth-order valence-corrected chi connectivity index (χ4v) is 1.72. The lowest BCUT2D eigenvalue weighted by Gasteiger charge is -2.19. The van der Waals surface area contributed by atoms with E-state index in [-0.39, 0.29) is 11.8 Å². The highest BCUT2D eigenvalue weighted by molar-refractivity contribution is 5.93. The number of hydrogen-bond acceptors (Lipinski definition) is 2. The normalized spacial score (nSPS) is 19.6. The highest BCUT2D eigenvalue weighted by atomic mass is 16.5. The van der Waals surface area contributed by atoms with Gasteiger partial charge in [0.2, 0.25) is 5.91 Å². The fourth-order valence-electron chi connectivity index (χ4n) is 1.72. The van der Waals surface area contributed by atoms with Crippen molar-refractivity contribution in [3.63, 3.8) is 0 Å². The molecule has 84 valence electrons. The highest BCUT2D eigenvalue weighted by Crippen LogP contribution is 2.18. The van der Waals surface area contributed by atoms with E-state index in [1.54, 1.807) is 0 Å². The Bertz CT molecular complexity index is 398. The molecule has 3 nitrogen and oxygen atoms in total. The SMILES string of the molecule is CC1=C[C@H](C(=O)Nc2ccccc2)CCO1. The summed E-state index contributed by atoms with van der Waals surface area (Å²) in [7, 11) is 0. The van der Waals surface area contributed by atoms with Crippen LogP contribution >= 0.6 is 0 Å². The first kappa shape index (κ1) is 10.7. The Kier molecular flexibility index (Phi) is 3.25. The van der Waals surface area contributed by atoms with Crippen molar-refractivity contribution in [3.8, 4) is 0 Å². The second-order valence-electron chi connectivity index (χ2n) is 3.88. The molecule has 1 atom stereocenters. The minimum Gasteiger partial charge on any atom is -0.499 e. The number of amides is 1. The third kappa shape index (κ3) is 2.63. The first-order valence-electron chi connectivity index (χ1n) is 5.43. The molecule has 1 aliphatic rings. The van der Waals surface area contributed by atoms with Crippen LogP contribution in [0.25, 0.3) is 0 Å². The number of ether oxygens (including phenoxy) is 1. The fraction of sp³-hybridized carbons (Fsp3) is 0.308. The lowest BCUT2D eigenvalue weighted by molar-refractivity contribution is -0.119. The summed E-state index contributed by atoms with van der Waals surface area (Å²) in [6.07, 6.45) is 2.62. The first-order chi connectivity index (χ1) is 7.75. The third-order valence-corrected chi connectivity index (χ3v) is 2.57. The molecule has 2 rings (SSSR count). The second-order valence-corrected chi connectivity index (χ2v) is 3.88. The monoisotopic (exact) mass is 217 g/mol. The van der Waals surface area contributed by atoms with Gasteiger partial charge in [-0.15, -0.1) is 0 Å². The van der Waals surface area contributed by atoms with Crippen molar-refractivity contribution >= 4 is 11.6 Å². The van der Waals surface area contributed by atoms with E-state index in [4.69, 9.17) is 4.74 Å². The van der Waals surface area contributed by atoms with Gasteiger partial charge in [0.25, 0.3) is 0 Å². The zero-order valence-corrected chi connectivity index (χ0v) is 9.27. The molecule has 1 heterocycles. The van der Waals surface area contributed by atoms with Gasteiger partial charge in [-0.25, -0.2) is 0 Å². The van der Waals surface area contributed by atoms with Crippen molar-refractivity contribution in [3.05, 3.63) is 42.2 Å². The third-order valence-electron chi connectivity index (χ3n) is 2.57. The van der Waals surface area contributed by atoms with Crippen LogP contribution in [0, 0.1) is 5.92 Å². The van der Waals surface area contributed by atoms with Crippen LogP contribution in [-0.2, 0) is 9.53 Å². The average molecular weight is 217 g/mol. The van der Waals surface area contributed by atoms with Gasteiger partial charge in [-0.2, -0.15) is 0 Å². The molecule has 0 fully saturated rings. The molecule has 0 aromatic heterocycles. The predicted molar refractivity (Wildman–Crippen MR) is 62.9 cm³/mol. The molecule has 16 heavy (non-hydrogen) atoms. The number of allylic oxidation sites excluding steroid dienone is 1. The molecule has 0 aliphatic carbocycles. The number of anilines is 1. The molecule has 0 spiro atoms. The van der Waals surface area contributed by atoms with Gasteiger partial charge in [0, 0.05) is 5.69 Å². The molecule has 3 heteroatoms. The van der Waals surface area contributed by atoms with Crippen LogP contribution < -0.4 is 5.32 Å². The van der Waals surface area contributed by atoms with Crippen LogP contribution in [0.15, 0.2) is 42.2 Å². The van der Waals surface area contributed by atoms with Gasteiger partial charge in [-0.1, -0.05) is 18.2 Å². The van der Waals surface area contributed by atoms with Gasteiger partial charge in [0.05, 0.1) is 18.3 Å². The van der Waals surface area contributed by atoms with E-state index in [1.807, 2.05) is 43.3 Å². The van der Waals surface area contributed by atoms with Gasteiger partial charge in [0.1, 0.15) is 0 Å². The van der Waals surface area contributed by atoms with E-state index in [0.29, 0.717) is 6.61 Å². The van der Waals surface area contributed by atoms with Crippen molar-refractivity contribution in [1.29, 1.82) is 0 Å². The summed E-state index contributed by atoms with van der Waals surface area (Å²) in [5.74, 6) is 0.794. The second kappa shape index (κ2) is 4.84. The zero-order valence-electron chi connectivity index (χ0n) is 9.27. The molecule has 0 bridgehead atoms. The maximum atomic E-state index is 11.9. The molecule has 1 N–H and O–H groups in total. The Balaban J connectivity index is 2.01. The van der Waals surface area contributed by atoms with Gasteiger partial charge in [-0.3, -0.25) is 4.79 Å². The lowest BCUT2D eigenvalue weighted by Crippen LogP contribution is -2.25. The molecule has 1 aromatic carbocycles. The summed E-state index contributed by atoms with van der Waals surface area (Å²) in [6, 6.07) is 9.50. The standard InChI is InChI=1S/C13H15NO2/c1-10-9-11(7-8-16-10)13(15)14-12-5-3-2-4-6-12/h2-6,9,11H,7-8H2,1H3,(H,14,15)/t11-/m1/s1. The smallest absolute Gasteiger partial charge is 0.231 e. The topological polar surface area (TPSA) is 38.3 Å². The number of hydrogen-bond donors (Lipinski definition) is 1. The van der Waals surface area contributed by atoms with Crippen molar-refractivity contribution in [2.75, 3.05) is 11.9 Å². The van der Waals surface area contributed by atoms with Crippen LogP contribution in [0.3, 0.4) is 0 Å². The molecule has 1 aliphatic heterocycles. The molecule has 1 aromatic rings. The molecular formula is C13H15NO2. The van der Waals surface area contributed by atoms with Gasteiger partial charge < -0.3 is 10.1 Å². The van der Waals surface area contributed by atoms with Gasteiger partial charge in [-0.05, 0) is 31.6 Å². The molecule has 0 saturated heterocycles. The van der Waals surface area contributed by atoms with Crippen molar-refractivity contribution < 1.29 is 9.53 Å². The van der Waals surface area contributed by atoms with Crippen molar-refractivity contribution in [1.82, 2.24) is 0 Å². The number of para-hydroxylation sites is 1. The number of carbonyl (C=O) groups is 1. The summed E-state index contributed by atoms with van der Waals surface area (Å²) in [4.78, 5) is 11.9. The van der Waals surface area contributed by atoms with Crippen LogP contribution in [0.5, 0.6) is 0 Å². The summed E-state index contributed by atoms with van der Waals surface area (Å²) < 4.78 is 5.29. The maximum absolute atomic E-state index is 11.9. The van der Waals surface area contributed by atoms with Crippen LogP contribution in [-0.4, -0.2) is 12.5 Å². The highest BCUT2D eigenvalue weighted by Gasteiger charge is 2.19. The van der Waals surface area contributed by atoms with Gasteiger partial charge in [0.15, 0.2) is 0 Å². The number of nitrogens with one attached hydrogen (secondary N) is 1. The summed E-state index contributed by atoms with van der Waals surface area (Å²) in [6.45, 7) is 2.50. The van der Waals surface area contributed by atoms with E-state index >= 15 is 0 Å². The predicted octanol–water partition coefficient (Wildman–Crippen LogP) is 2.57. The Morgan fingerprint density at radius 3 is 2.81 bits per heavy atom. The van der Waals surface area contributed by atoms with E-state index in [2.05, 4.69) is 5.32 Å². The summed E-state index contributed by atoms with van der Waals surface area (Å²) in [5.41, 5.74) is 0.838. The maximum Gasteiger partial charge on any atom is 0.231 e. The first-order valence-corrected chi connectivity index (χ1v) is 5.43. The minimum atomic E-state index is -0.0750. The lowest BCUT2D eigenvalue weighted by atomic mass is 10.0. The number of rotatable bonds is 2. The zero-order chi connectivity index (χ0) is 11.4. The quantitative estimate of drug-likeness (QED) is 0.826. The van der Waals surface area contributed by atoms with Crippen molar-refractivity contribution in [2.24, 2.45) is 5.92 Å². The minimum absolute atomic E-state index is 0.0360. The van der Waals surface area contributed by atoms with Crippen LogP contribution in [0.4, 0.5) is 5.69 Å². The summed E-state index contributed by atoms with van der Waals surface area (Å²) in [5, 5.41) is 2.89. The molecular weight excluding hydrogens is 202 g/mol. The molecule has 0 saturated carbocycles. The number of benzene rings is 1. The van der Waals surface area contributed by atoms with E-state index < -0.39 is 0 Å². The molecule has 0 radical (unpaired) electrons. The Morgan fingerprint density at radius 2 is 2.12 bits per heavy atom. The van der Waals surface area contributed by atoms with Crippen molar-refractivity contribution in [2.45, 2.75) is 13.3 Å². The van der Waals surface area contributed by atoms with E-state index in [0.717, 1.165) is 17.9 Å². The van der Waals surface area contributed by atoms with E-state index in [9.17, 15) is 4.79 Å². The van der Waals surface area contributed by atoms with Gasteiger partial charge >= 0.3 is 0 Å². The largest absolute Gasteiger partial charge is 0.499 e. The Labute approximate surface area is 95.1 Å². The summed E-state index contributed by atoms with van der Waals surface area (Å²) >= 11 is 0. The molecule has 1 amide bonds. The van der Waals surface area contributed by atoms with Crippen LogP contribution in [0.1, 0.15) is 13.3 Å².